The van der Waals surface area contributed by atoms with Crippen molar-refractivity contribution < 1.29 is 18.6 Å². The van der Waals surface area contributed by atoms with Gasteiger partial charge in [-0.3, -0.25) is 0 Å². The molecule has 0 aliphatic heterocycles. The molecule has 0 radical (unpaired) electrons. The van der Waals surface area contributed by atoms with Gasteiger partial charge in [-0.05, 0) is 25.1 Å². The zero-order valence-corrected chi connectivity index (χ0v) is 9.73. The minimum absolute atomic E-state index is 0.182. The SMILES string of the molecule is CC(O)c1ccccc1Oc1ccc(F)c(F)c1. The highest BCUT2D eigenvalue weighted by molar-refractivity contribution is 5.39. The molecule has 2 nitrogen and oxygen atoms in total. The van der Waals surface area contributed by atoms with Crippen molar-refractivity contribution in [2.24, 2.45) is 0 Å². The van der Waals surface area contributed by atoms with E-state index in [1.165, 1.54) is 6.07 Å². The normalized spacial score (nSPS) is 12.2. The maximum atomic E-state index is 13.0. The van der Waals surface area contributed by atoms with Crippen molar-refractivity contribution in [2.75, 3.05) is 0 Å². The first-order chi connectivity index (χ1) is 8.58. The molecule has 0 heterocycles. The molecular formula is C14H12F2O2. The van der Waals surface area contributed by atoms with Gasteiger partial charge < -0.3 is 9.84 Å². The van der Waals surface area contributed by atoms with Gasteiger partial charge in [0.2, 0.25) is 0 Å². The largest absolute Gasteiger partial charge is 0.457 e. The highest BCUT2D eigenvalue weighted by Gasteiger charge is 2.10. The fourth-order valence-electron chi connectivity index (χ4n) is 1.59. The minimum atomic E-state index is -0.970. The Bertz CT molecular complexity index is 553. The fourth-order valence-corrected chi connectivity index (χ4v) is 1.59. The van der Waals surface area contributed by atoms with Crippen LogP contribution in [-0.4, -0.2) is 5.11 Å². The number of benzene rings is 2. The van der Waals surface area contributed by atoms with Gasteiger partial charge in [0.25, 0.3) is 0 Å². The van der Waals surface area contributed by atoms with Crippen LogP contribution in [0.1, 0.15) is 18.6 Å². The maximum absolute atomic E-state index is 13.0. The van der Waals surface area contributed by atoms with Crippen LogP contribution in [0.5, 0.6) is 11.5 Å². The Labute approximate surface area is 103 Å². The lowest BCUT2D eigenvalue weighted by atomic mass is 10.1. The van der Waals surface area contributed by atoms with Crippen LogP contribution >= 0.6 is 0 Å². The summed E-state index contributed by atoms with van der Waals surface area (Å²) in [5, 5.41) is 9.57. The lowest BCUT2D eigenvalue weighted by molar-refractivity contribution is 0.195. The van der Waals surface area contributed by atoms with Gasteiger partial charge >= 0.3 is 0 Å². The summed E-state index contributed by atoms with van der Waals surface area (Å²) in [4.78, 5) is 0. The van der Waals surface area contributed by atoms with Crippen LogP contribution in [0.2, 0.25) is 0 Å². The van der Waals surface area contributed by atoms with Gasteiger partial charge in [-0.1, -0.05) is 18.2 Å². The molecule has 0 aromatic heterocycles. The highest BCUT2D eigenvalue weighted by atomic mass is 19.2. The van der Waals surface area contributed by atoms with Gasteiger partial charge in [0.1, 0.15) is 11.5 Å². The van der Waals surface area contributed by atoms with Crippen LogP contribution in [0.25, 0.3) is 0 Å². The molecule has 4 heteroatoms. The van der Waals surface area contributed by atoms with Crippen LogP contribution in [0.3, 0.4) is 0 Å². The number of aliphatic hydroxyl groups is 1. The number of hydrogen-bond donors (Lipinski definition) is 1. The predicted molar refractivity (Wildman–Crippen MR) is 63.5 cm³/mol. The van der Waals surface area contributed by atoms with Crippen molar-refractivity contribution in [3.05, 3.63) is 59.7 Å². The van der Waals surface area contributed by atoms with Gasteiger partial charge in [-0.15, -0.1) is 0 Å². The quantitative estimate of drug-likeness (QED) is 0.897. The van der Waals surface area contributed by atoms with E-state index in [0.717, 1.165) is 12.1 Å². The van der Waals surface area contributed by atoms with Crippen LogP contribution in [0.15, 0.2) is 42.5 Å². The molecule has 18 heavy (non-hydrogen) atoms. The number of rotatable bonds is 3. The van der Waals surface area contributed by atoms with Gasteiger partial charge in [0.15, 0.2) is 11.6 Å². The van der Waals surface area contributed by atoms with Crippen molar-refractivity contribution >= 4 is 0 Å². The molecule has 0 bridgehead atoms. The first kappa shape index (κ1) is 12.5. The van der Waals surface area contributed by atoms with Crippen molar-refractivity contribution in [3.63, 3.8) is 0 Å². The number of ether oxygens (including phenoxy) is 1. The summed E-state index contributed by atoms with van der Waals surface area (Å²) in [5.41, 5.74) is 0.585. The minimum Gasteiger partial charge on any atom is -0.457 e. The van der Waals surface area contributed by atoms with E-state index >= 15 is 0 Å². The second-order valence-corrected chi connectivity index (χ2v) is 3.89. The number of halogens is 2. The summed E-state index contributed by atoms with van der Waals surface area (Å²) in [5.74, 6) is -1.30. The third-order valence-corrected chi connectivity index (χ3v) is 2.49. The molecule has 2 rings (SSSR count). The summed E-state index contributed by atoms with van der Waals surface area (Å²) in [7, 11) is 0. The van der Waals surface area contributed by atoms with E-state index in [2.05, 4.69) is 0 Å². The lowest BCUT2D eigenvalue weighted by Crippen LogP contribution is -1.96. The van der Waals surface area contributed by atoms with E-state index in [4.69, 9.17) is 4.74 Å². The van der Waals surface area contributed by atoms with E-state index in [9.17, 15) is 13.9 Å². The average molecular weight is 250 g/mol. The average Bonchev–Trinajstić information content (AvgIpc) is 2.34. The molecule has 0 fully saturated rings. The third-order valence-electron chi connectivity index (χ3n) is 2.49. The predicted octanol–water partition coefficient (Wildman–Crippen LogP) is 3.81. The molecule has 94 valence electrons. The van der Waals surface area contributed by atoms with Crippen LogP contribution in [-0.2, 0) is 0 Å². The zero-order valence-electron chi connectivity index (χ0n) is 9.73. The Morgan fingerprint density at radius 2 is 1.78 bits per heavy atom. The monoisotopic (exact) mass is 250 g/mol. The molecule has 1 N–H and O–H groups in total. The van der Waals surface area contributed by atoms with E-state index < -0.39 is 17.7 Å². The Hall–Kier alpha value is -1.94. The Morgan fingerprint density at radius 3 is 2.44 bits per heavy atom. The first-order valence-corrected chi connectivity index (χ1v) is 5.48. The molecule has 0 aliphatic carbocycles. The molecule has 0 amide bonds. The van der Waals surface area contributed by atoms with E-state index in [1.807, 2.05) is 0 Å². The second-order valence-electron chi connectivity index (χ2n) is 3.89. The summed E-state index contributed by atoms with van der Waals surface area (Å²) in [6.45, 7) is 1.60. The van der Waals surface area contributed by atoms with Crippen molar-refractivity contribution in [1.29, 1.82) is 0 Å². The van der Waals surface area contributed by atoms with Gasteiger partial charge in [0.05, 0.1) is 6.10 Å². The summed E-state index contributed by atoms with van der Waals surface area (Å²) in [6.07, 6.45) is -0.702. The molecule has 1 unspecified atom stereocenters. The maximum Gasteiger partial charge on any atom is 0.162 e. The van der Waals surface area contributed by atoms with Gasteiger partial charge in [-0.25, -0.2) is 8.78 Å². The summed E-state index contributed by atoms with van der Waals surface area (Å²) in [6, 6.07) is 10.2. The second kappa shape index (κ2) is 5.14. The summed E-state index contributed by atoms with van der Waals surface area (Å²) >= 11 is 0. The molecule has 0 saturated carbocycles. The van der Waals surface area contributed by atoms with E-state index in [-0.39, 0.29) is 5.75 Å². The molecule has 2 aromatic rings. The Balaban J connectivity index is 2.31. The number of aliphatic hydroxyl groups excluding tert-OH is 1. The van der Waals surface area contributed by atoms with Crippen LogP contribution in [0, 0.1) is 11.6 Å². The Morgan fingerprint density at radius 1 is 1.06 bits per heavy atom. The lowest BCUT2D eigenvalue weighted by Gasteiger charge is -2.12. The van der Waals surface area contributed by atoms with Crippen molar-refractivity contribution in [1.82, 2.24) is 0 Å². The van der Waals surface area contributed by atoms with Crippen molar-refractivity contribution in [2.45, 2.75) is 13.0 Å². The van der Waals surface area contributed by atoms with Crippen LogP contribution < -0.4 is 4.74 Å². The topological polar surface area (TPSA) is 29.5 Å². The molecule has 0 saturated heterocycles. The third kappa shape index (κ3) is 2.65. The number of para-hydroxylation sites is 1. The molecule has 2 aromatic carbocycles. The molecule has 1 atom stereocenters. The van der Waals surface area contributed by atoms with Gasteiger partial charge in [0, 0.05) is 11.6 Å². The molecular weight excluding hydrogens is 238 g/mol. The summed E-state index contributed by atoms with van der Waals surface area (Å²) < 4.78 is 31.3. The standard InChI is InChI=1S/C14H12F2O2/c1-9(17)11-4-2-3-5-14(11)18-10-6-7-12(15)13(16)8-10/h2-9,17H,1H3. The van der Waals surface area contributed by atoms with Gasteiger partial charge in [-0.2, -0.15) is 0 Å². The van der Waals surface area contributed by atoms with Crippen molar-refractivity contribution in [3.8, 4) is 11.5 Å². The van der Waals surface area contributed by atoms with E-state index in [1.54, 1.807) is 31.2 Å². The smallest absolute Gasteiger partial charge is 0.162 e. The Kier molecular flexibility index (Phi) is 3.58. The first-order valence-electron chi connectivity index (χ1n) is 5.48. The highest BCUT2D eigenvalue weighted by Crippen LogP contribution is 2.29. The zero-order chi connectivity index (χ0) is 13.1. The van der Waals surface area contributed by atoms with E-state index in [0.29, 0.717) is 11.3 Å². The number of hydrogen-bond acceptors (Lipinski definition) is 2. The van der Waals surface area contributed by atoms with Crippen LogP contribution in [0.4, 0.5) is 8.78 Å². The molecule has 0 aliphatic rings. The molecule has 0 spiro atoms. The fraction of sp³-hybridized carbons (Fsp3) is 0.143.